The number of fused-ring (bicyclic) bond motifs is 1. The van der Waals surface area contributed by atoms with Crippen LogP contribution in [-0.2, 0) is 16.0 Å². The highest BCUT2D eigenvalue weighted by atomic mass is 16.5. The van der Waals surface area contributed by atoms with Gasteiger partial charge in [0.2, 0.25) is 0 Å². The summed E-state index contributed by atoms with van der Waals surface area (Å²) in [7, 11) is 0. The minimum atomic E-state index is -0.704. The van der Waals surface area contributed by atoms with Crippen molar-refractivity contribution < 1.29 is 14.6 Å². The second-order valence-corrected chi connectivity index (χ2v) is 6.24. The average Bonchev–Trinajstić information content (AvgIpc) is 2.86. The Bertz CT molecular complexity index is 511. The molecule has 2 aliphatic rings. The molecule has 0 bridgehead atoms. The fourth-order valence-corrected chi connectivity index (χ4v) is 3.53. The lowest BCUT2D eigenvalue weighted by Crippen LogP contribution is -2.43. The fraction of sp³-hybridized carbons (Fsp3) is 0.588. The third kappa shape index (κ3) is 2.91. The molecule has 21 heavy (non-hydrogen) atoms. The maximum Gasteiger partial charge on any atom is 0.308 e. The maximum atomic E-state index is 11.4. The highest BCUT2D eigenvalue weighted by Crippen LogP contribution is 2.36. The van der Waals surface area contributed by atoms with Crippen LogP contribution in [0, 0.1) is 11.8 Å². The van der Waals surface area contributed by atoms with Crippen LogP contribution >= 0.6 is 0 Å². The molecule has 2 heterocycles. The number of carboxylic acid groups (broad SMARTS) is 1. The predicted octanol–water partition coefficient (Wildman–Crippen LogP) is 2.57. The Hall–Kier alpha value is -1.55. The molecule has 1 saturated heterocycles. The second-order valence-electron chi connectivity index (χ2n) is 6.24. The standard InChI is InChI=1S/C17H23NO3/c1-12(17(19)20)16-10-14-4-2-3-5-15(14)18(16)11-13-6-8-21-9-7-13/h2-5,12-13,16H,6-11H2,1H3,(H,19,20). The number of aliphatic carboxylic acids is 1. The van der Waals surface area contributed by atoms with E-state index in [1.54, 1.807) is 0 Å². The van der Waals surface area contributed by atoms with Crippen LogP contribution in [0.1, 0.15) is 25.3 Å². The number of ether oxygens (including phenoxy) is 1. The Kier molecular flexibility index (Phi) is 4.15. The van der Waals surface area contributed by atoms with Gasteiger partial charge in [0.25, 0.3) is 0 Å². The Morgan fingerprint density at radius 1 is 1.38 bits per heavy atom. The largest absolute Gasteiger partial charge is 0.481 e. The summed E-state index contributed by atoms with van der Waals surface area (Å²) in [5, 5.41) is 9.40. The zero-order chi connectivity index (χ0) is 14.8. The van der Waals surface area contributed by atoms with Crippen molar-refractivity contribution >= 4 is 11.7 Å². The highest BCUT2D eigenvalue weighted by Gasteiger charge is 2.37. The van der Waals surface area contributed by atoms with Crippen molar-refractivity contribution in [2.24, 2.45) is 11.8 Å². The van der Waals surface area contributed by atoms with E-state index in [0.717, 1.165) is 39.0 Å². The second kappa shape index (κ2) is 6.06. The summed E-state index contributed by atoms with van der Waals surface area (Å²) in [6.45, 7) is 4.44. The van der Waals surface area contributed by atoms with Gasteiger partial charge in [-0.3, -0.25) is 4.79 Å². The van der Waals surface area contributed by atoms with Crippen molar-refractivity contribution in [2.75, 3.05) is 24.7 Å². The van der Waals surface area contributed by atoms with E-state index in [1.807, 2.05) is 19.1 Å². The molecule has 2 atom stereocenters. The molecular formula is C17H23NO3. The molecule has 0 saturated carbocycles. The monoisotopic (exact) mass is 289 g/mol. The van der Waals surface area contributed by atoms with Gasteiger partial charge < -0.3 is 14.7 Å². The number of rotatable bonds is 4. The molecule has 1 N–H and O–H groups in total. The molecule has 2 aliphatic heterocycles. The Morgan fingerprint density at radius 2 is 2.10 bits per heavy atom. The number of hydrogen-bond acceptors (Lipinski definition) is 3. The molecule has 1 aromatic carbocycles. The van der Waals surface area contributed by atoms with Gasteiger partial charge in [-0.2, -0.15) is 0 Å². The van der Waals surface area contributed by atoms with Crippen molar-refractivity contribution in [2.45, 2.75) is 32.2 Å². The first-order chi connectivity index (χ1) is 10.2. The van der Waals surface area contributed by atoms with E-state index in [4.69, 9.17) is 4.74 Å². The third-order valence-corrected chi connectivity index (χ3v) is 4.89. The number of para-hydroxylation sites is 1. The SMILES string of the molecule is CC(C(=O)O)C1Cc2ccccc2N1CC1CCOCC1. The zero-order valence-electron chi connectivity index (χ0n) is 12.5. The van der Waals surface area contributed by atoms with Crippen molar-refractivity contribution in [3.8, 4) is 0 Å². The lowest BCUT2D eigenvalue weighted by atomic mass is 9.95. The average molecular weight is 289 g/mol. The van der Waals surface area contributed by atoms with E-state index in [-0.39, 0.29) is 12.0 Å². The molecule has 114 valence electrons. The van der Waals surface area contributed by atoms with Crippen LogP contribution in [0.2, 0.25) is 0 Å². The summed E-state index contributed by atoms with van der Waals surface area (Å²) in [6, 6.07) is 8.41. The Balaban J connectivity index is 1.82. The van der Waals surface area contributed by atoms with Gasteiger partial charge in [0.1, 0.15) is 0 Å². The number of anilines is 1. The van der Waals surface area contributed by atoms with E-state index in [0.29, 0.717) is 5.92 Å². The first kappa shape index (κ1) is 14.4. The smallest absolute Gasteiger partial charge is 0.308 e. The topological polar surface area (TPSA) is 49.8 Å². The van der Waals surface area contributed by atoms with E-state index in [1.165, 1.54) is 11.3 Å². The van der Waals surface area contributed by atoms with Crippen molar-refractivity contribution in [3.63, 3.8) is 0 Å². The van der Waals surface area contributed by atoms with Crippen LogP contribution in [0.25, 0.3) is 0 Å². The summed E-state index contributed by atoms with van der Waals surface area (Å²) in [4.78, 5) is 13.8. The lowest BCUT2D eigenvalue weighted by Gasteiger charge is -2.34. The third-order valence-electron chi connectivity index (χ3n) is 4.89. The molecule has 0 radical (unpaired) electrons. The molecule has 1 aromatic rings. The molecule has 0 amide bonds. The number of nitrogens with zero attached hydrogens (tertiary/aromatic N) is 1. The van der Waals surface area contributed by atoms with Gasteiger partial charge >= 0.3 is 5.97 Å². The number of carbonyl (C=O) groups is 1. The minimum absolute atomic E-state index is 0.0720. The molecule has 0 spiro atoms. The quantitative estimate of drug-likeness (QED) is 0.925. The van der Waals surface area contributed by atoms with Crippen LogP contribution in [0.5, 0.6) is 0 Å². The molecule has 1 fully saturated rings. The summed E-state index contributed by atoms with van der Waals surface area (Å²) >= 11 is 0. The Morgan fingerprint density at radius 3 is 2.81 bits per heavy atom. The van der Waals surface area contributed by atoms with E-state index >= 15 is 0 Å². The molecular weight excluding hydrogens is 266 g/mol. The van der Waals surface area contributed by atoms with Crippen molar-refractivity contribution in [3.05, 3.63) is 29.8 Å². The maximum absolute atomic E-state index is 11.4. The molecule has 2 unspecified atom stereocenters. The van der Waals surface area contributed by atoms with Gasteiger partial charge in [0.05, 0.1) is 5.92 Å². The number of carboxylic acids is 1. The summed E-state index contributed by atoms with van der Waals surface area (Å²) < 4.78 is 5.43. The summed E-state index contributed by atoms with van der Waals surface area (Å²) in [5.41, 5.74) is 2.50. The van der Waals surface area contributed by atoms with Crippen LogP contribution in [0.3, 0.4) is 0 Å². The zero-order valence-corrected chi connectivity index (χ0v) is 12.5. The molecule has 4 nitrogen and oxygen atoms in total. The van der Waals surface area contributed by atoms with Gasteiger partial charge in [-0.25, -0.2) is 0 Å². The van der Waals surface area contributed by atoms with E-state index in [2.05, 4.69) is 17.0 Å². The molecule has 4 heteroatoms. The minimum Gasteiger partial charge on any atom is -0.481 e. The molecule has 0 aromatic heterocycles. The van der Waals surface area contributed by atoms with Crippen LogP contribution in [-0.4, -0.2) is 36.9 Å². The first-order valence-corrected chi connectivity index (χ1v) is 7.82. The molecule has 3 rings (SSSR count). The predicted molar refractivity (Wildman–Crippen MR) is 81.6 cm³/mol. The van der Waals surface area contributed by atoms with Crippen LogP contribution in [0.4, 0.5) is 5.69 Å². The number of benzene rings is 1. The van der Waals surface area contributed by atoms with Gasteiger partial charge in [0.15, 0.2) is 0 Å². The number of hydrogen-bond donors (Lipinski definition) is 1. The lowest BCUT2D eigenvalue weighted by molar-refractivity contribution is -0.141. The van der Waals surface area contributed by atoms with Gasteiger partial charge in [-0.05, 0) is 43.7 Å². The van der Waals surface area contributed by atoms with Gasteiger partial charge in [-0.1, -0.05) is 18.2 Å². The van der Waals surface area contributed by atoms with E-state index < -0.39 is 5.97 Å². The fourth-order valence-electron chi connectivity index (χ4n) is 3.53. The van der Waals surface area contributed by atoms with Gasteiger partial charge in [-0.15, -0.1) is 0 Å². The van der Waals surface area contributed by atoms with Gasteiger partial charge in [0, 0.05) is 31.5 Å². The highest BCUT2D eigenvalue weighted by molar-refractivity contribution is 5.73. The summed E-state index contributed by atoms with van der Waals surface area (Å²) in [6.07, 6.45) is 2.99. The summed E-state index contributed by atoms with van der Waals surface area (Å²) in [5.74, 6) is -0.449. The first-order valence-electron chi connectivity index (χ1n) is 7.82. The van der Waals surface area contributed by atoms with Crippen molar-refractivity contribution in [1.82, 2.24) is 0 Å². The molecule has 0 aliphatic carbocycles. The van der Waals surface area contributed by atoms with Crippen LogP contribution in [0.15, 0.2) is 24.3 Å². The van der Waals surface area contributed by atoms with Crippen LogP contribution < -0.4 is 4.90 Å². The van der Waals surface area contributed by atoms with Crippen molar-refractivity contribution in [1.29, 1.82) is 0 Å². The Labute approximate surface area is 125 Å². The van der Waals surface area contributed by atoms with E-state index in [9.17, 15) is 9.90 Å². The normalized spacial score (nSPS) is 23.9.